The van der Waals surface area contributed by atoms with Crippen LogP contribution in [-0.2, 0) is 9.59 Å². The van der Waals surface area contributed by atoms with Gasteiger partial charge in [0.15, 0.2) is 0 Å². The fourth-order valence-corrected chi connectivity index (χ4v) is 3.84. The number of para-hydroxylation sites is 1. The molecule has 0 radical (unpaired) electrons. The van der Waals surface area contributed by atoms with E-state index >= 15 is 0 Å². The molecule has 2 fully saturated rings. The second kappa shape index (κ2) is 7.12. The van der Waals surface area contributed by atoms with E-state index in [4.69, 9.17) is 0 Å². The van der Waals surface area contributed by atoms with E-state index in [0.29, 0.717) is 18.4 Å². The molecule has 2 aromatic rings. The van der Waals surface area contributed by atoms with Crippen molar-refractivity contribution in [2.45, 2.75) is 6.42 Å². The van der Waals surface area contributed by atoms with Crippen LogP contribution in [0.1, 0.15) is 12.0 Å². The molecule has 0 unspecified atom stereocenters. The zero-order valence-corrected chi connectivity index (χ0v) is 14.4. The summed E-state index contributed by atoms with van der Waals surface area (Å²) >= 11 is 0. The highest BCUT2D eigenvalue weighted by molar-refractivity contribution is 6.00. The molecule has 132 valence electrons. The number of carbonyl (C=O) groups excluding carboxylic acids is 2. The molecular weight excluding hydrogens is 326 g/mol. The average molecular weight is 347 g/mol. The molecule has 2 heterocycles. The van der Waals surface area contributed by atoms with Crippen LogP contribution < -0.4 is 10.2 Å². The van der Waals surface area contributed by atoms with Gasteiger partial charge in [-0.1, -0.05) is 24.3 Å². The van der Waals surface area contributed by atoms with Crippen LogP contribution in [0.3, 0.4) is 0 Å². The Kier molecular flexibility index (Phi) is 4.52. The van der Waals surface area contributed by atoms with Crippen LogP contribution in [0.15, 0.2) is 60.9 Å². The van der Waals surface area contributed by atoms with Crippen molar-refractivity contribution in [3.05, 3.63) is 66.5 Å². The van der Waals surface area contributed by atoms with E-state index in [9.17, 15) is 9.59 Å². The summed E-state index contributed by atoms with van der Waals surface area (Å²) in [5.41, 5.74) is 1.88. The van der Waals surface area contributed by atoms with Crippen LogP contribution >= 0.6 is 0 Å². The first kappa shape index (κ1) is 16.5. The summed E-state index contributed by atoms with van der Waals surface area (Å²) in [6.45, 7) is 1.40. The third-order valence-electron chi connectivity index (χ3n) is 5.23. The highest BCUT2D eigenvalue weighted by Gasteiger charge is 2.60. The Morgan fingerprint density at radius 2 is 2.08 bits per heavy atom. The maximum atomic E-state index is 12.5. The molecule has 1 N–H and O–H groups in total. The lowest BCUT2D eigenvalue weighted by atomic mass is 10.1. The maximum Gasteiger partial charge on any atom is 0.244 e. The van der Waals surface area contributed by atoms with Gasteiger partial charge in [-0.25, -0.2) is 0 Å². The van der Waals surface area contributed by atoms with E-state index in [1.807, 2.05) is 47.4 Å². The quantitative estimate of drug-likeness (QED) is 0.817. The molecule has 4 rings (SSSR count). The third-order valence-corrected chi connectivity index (χ3v) is 5.23. The van der Waals surface area contributed by atoms with Gasteiger partial charge in [-0.3, -0.25) is 14.6 Å². The molecular formula is C21H21N3O2. The largest absolute Gasteiger partial charge is 0.353 e. The number of nitrogens with zero attached hydrogens (tertiary/aromatic N) is 2. The van der Waals surface area contributed by atoms with Gasteiger partial charge < -0.3 is 10.2 Å². The second-order valence-corrected chi connectivity index (χ2v) is 6.84. The Morgan fingerprint density at radius 3 is 2.77 bits per heavy atom. The number of hydrogen-bond acceptors (Lipinski definition) is 3. The van der Waals surface area contributed by atoms with Gasteiger partial charge in [-0.2, -0.15) is 0 Å². The van der Waals surface area contributed by atoms with Crippen molar-refractivity contribution in [2.75, 3.05) is 18.0 Å². The first-order valence-electron chi connectivity index (χ1n) is 8.96. The molecule has 1 aromatic carbocycles. The topological polar surface area (TPSA) is 62.3 Å². The number of benzene rings is 1. The molecule has 26 heavy (non-hydrogen) atoms. The van der Waals surface area contributed by atoms with E-state index in [1.165, 1.54) is 6.08 Å². The van der Waals surface area contributed by atoms with Crippen molar-refractivity contribution in [3.8, 4) is 0 Å². The monoisotopic (exact) mass is 347 g/mol. The standard InChI is InChI=1S/C21H21N3O2/c25-19(9-8-15-5-4-11-22-13-15)23-12-10-17-18-14-24(21(26)20(17)18)16-6-2-1-3-7-16/h1-9,11,13,17-18,20H,10,12,14H2,(H,23,25)/b9-8+/t17-,18-,20+/m0/s1. The van der Waals surface area contributed by atoms with Crippen LogP contribution in [0.5, 0.6) is 0 Å². The first-order chi connectivity index (χ1) is 12.7. The van der Waals surface area contributed by atoms with Gasteiger partial charge in [0, 0.05) is 43.2 Å². The maximum absolute atomic E-state index is 12.5. The molecule has 1 saturated carbocycles. The van der Waals surface area contributed by atoms with E-state index in [-0.39, 0.29) is 17.7 Å². The molecule has 0 bridgehead atoms. The van der Waals surface area contributed by atoms with E-state index < -0.39 is 0 Å². The lowest BCUT2D eigenvalue weighted by molar-refractivity contribution is -0.119. The van der Waals surface area contributed by atoms with Crippen LogP contribution in [0.2, 0.25) is 0 Å². The summed E-state index contributed by atoms with van der Waals surface area (Å²) in [6, 6.07) is 13.6. The average Bonchev–Trinajstić information content (AvgIpc) is 3.26. The molecule has 1 aromatic heterocycles. The normalized spacial score (nSPS) is 23.9. The van der Waals surface area contributed by atoms with Crippen molar-refractivity contribution in [1.29, 1.82) is 0 Å². The molecule has 0 spiro atoms. The van der Waals surface area contributed by atoms with Gasteiger partial charge >= 0.3 is 0 Å². The first-order valence-corrected chi connectivity index (χ1v) is 8.96. The van der Waals surface area contributed by atoms with Gasteiger partial charge in [-0.05, 0) is 48.1 Å². The Labute approximate surface area is 152 Å². The molecule has 1 aliphatic carbocycles. The number of rotatable bonds is 6. The van der Waals surface area contributed by atoms with Crippen molar-refractivity contribution in [2.24, 2.45) is 17.8 Å². The molecule has 1 aliphatic heterocycles. The number of fused-ring (bicyclic) bond motifs is 1. The lowest BCUT2D eigenvalue weighted by Gasteiger charge is -2.20. The summed E-state index contributed by atoms with van der Waals surface area (Å²) in [7, 11) is 0. The zero-order valence-electron chi connectivity index (χ0n) is 14.4. The highest BCUT2D eigenvalue weighted by Crippen LogP contribution is 2.54. The van der Waals surface area contributed by atoms with Crippen LogP contribution in [-0.4, -0.2) is 29.9 Å². The molecule has 5 heteroatoms. The molecule has 1 saturated heterocycles. The van der Waals surface area contributed by atoms with Gasteiger partial charge in [0.25, 0.3) is 0 Å². The highest BCUT2D eigenvalue weighted by atomic mass is 16.2. The Morgan fingerprint density at radius 1 is 1.23 bits per heavy atom. The summed E-state index contributed by atoms with van der Waals surface area (Å²) in [6.07, 6.45) is 7.53. The molecule has 3 atom stereocenters. The summed E-state index contributed by atoms with van der Waals surface area (Å²) in [5.74, 6) is 1.10. The summed E-state index contributed by atoms with van der Waals surface area (Å²) in [5, 5.41) is 2.90. The number of pyridine rings is 1. The minimum absolute atomic E-state index is 0.114. The number of hydrogen-bond donors (Lipinski definition) is 1. The minimum Gasteiger partial charge on any atom is -0.353 e. The van der Waals surface area contributed by atoms with Gasteiger partial charge in [-0.15, -0.1) is 0 Å². The number of carbonyl (C=O) groups is 2. The van der Waals surface area contributed by atoms with Gasteiger partial charge in [0.1, 0.15) is 0 Å². The van der Waals surface area contributed by atoms with Crippen molar-refractivity contribution >= 4 is 23.6 Å². The number of nitrogens with one attached hydrogen (secondary N) is 1. The van der Waals surface area contributed by atoms with Gasteiger partial charge in [0.2, 0.25) is 11.8 Å². The zero-order chi connectivity index (χ0) is 17.9. The fraction of sp³-hybridized carbons (Fsp3) is 0.286. The Bertz CT molecular complexity index is 820. The van der Waals surface area contributed by atoms with Crippen LogP contribution in [0.25, 0.3) is 6.08 Å². The van der Waals surface area contributed by atoms with Crippen molar-refractivity contribution < 1.29 is 9.59 Å². The minimum atomic E-state index is -0.114. The predicted octanol–water partition coefficient (Wildman–Crippen LogP) is 2.51. The van der Waals surface area contributed by atoms with Crippen LogP contribution in [0, 0.1) is 17.8 Å². The SMILES string of the molecule is O=C(/C=C/c1cccnc1)NCC[C@H]1[C@@H]2CN(c3ccccc3)C(=O)[C@H]12. The van der Waals surface area contributed by atoms with E-state index in [2.05, 4.69) is 10.3 Å². The van der Waals surface area contributed by atoms with E-state index in [0.717, 1.165) is 24.2 Å². The smallest absolute Gasteiger partial charge is 0.244 e. The van der Waals surface area contributed by atoms with Crippen molar-refractivity contribution in [3.63, 3.8) is 0 Å². The summed E-state index contributed by atoms with van der Waals surface area (Å²) < 4.78 is 0. The predicted molar refractivity (Wildman–Crippen MR) is 100 cm³/mol. The lowest BCUT2D eigenvalue weighted by Crippen LogP contribution is -2.30. The van der Waals surface area contributed by atoms with Crippen LogP contribution in [0.4, 0.5) is 5.69 Å². The Balaban J connectivity index is 1.21. The number of piperidine rings is 1. The number of aromatic nitrogens is 1. The second-order valence-electron chi connectivity index (χ2n) is 6.84. The van der Waals surface area contributed by atoms with Crippen molar-refractivity contribution in [1.82, 2.24) is 10.3 Å². The van der Waals surface area contributed by atoms with E-state index in [1.54, 1.807) is 18.5 Å². The molecule has 2 amide bonds. The Hall–Kier alpha value is -2.95. The third kappa shape index (κ3) is 3.38. The summed E-state index contributed by atoms with van der Waals surface area (Å²) in [4.78, 5) is 30.3. The molecule has 5 nitrogen and oxygen atoms in total. The number of anilines is 1. The molecule has 2 aliphatic rings. The van der Waals surface area contributed by atoms with Gasteiger partial charge in [0.05, 0.1) is 0 Å². The fourth-order valence-electron chi connectivity index (χ4n) is 3.84. The number of amides is 2.